The molecule has 0 radical (unpaired) electrons. The third-order valence-electron chi connectivity index (χ3n) is 4.08. The maximum absolute atomic E-state index is 13.2. The van der Waals surface area contributed by atoms with E-state index in [0.717, 1.165) is 6.07 Å². The molecule has 0 saturated carbocycles. The van der Waals surface area contributed by atoms with Crippen molar-refractivity contribution in [1.29, 1.82) is 0 Å². The van der Waals surface area contributed by atoms with Crippen molar-refractivity contribution >= 4 is 43.2 Å². The molecule has 1 heterocycles. The van der Waals surface area contributed by atoms with E-state index in [1.807, 2.05) is 0 Å². The summed E-state index contributed by atoms with van der Waals surface area (Å²) < 4.78 is 77.7. The van der Waals surface area contributed by atoms with E-state index in [-0.39, 0.29) is 38.6 Å². The van der Waals surface area contributed by atoms with Crippen LogP contribution in [0.4, 0.5) is 13.2 Å². The molecule has 32 heavy (non-hydrogen) atoms. The van der Waals surface area contributed by atoms with Gasteiger partial charge in [-0.3, -0.25) is 4.79 Å². The summed E-state index contributed by atoms with van der Waals surface area (Å²) in [6.45, 7) is 0. The van der Waals surface area contributed by atoms with Gasteiger partial charge in [0.1, 0.15) is 21.3 Å². The van der Waals surface area contributed by atoms with Gasteiger partial charge in [0.2, 0.25) is 0 Å². The summed E-state index contributed by atoms with van der Waals surface area (Å²) in [7, 11) is -1.95. The number of hydrogen-bond donors (Lipinski definition) is 1. The Morgan fingerprint density at radius 2 is 1.72 bits per heavy atom. The van der Waals surface area contributed by atoms with Gasteiger partial charge in [-0.15, -0.1) is 11.3 Å². The molecule has 0 spiro atoms. The van der Waals surface area contributed by atoms with Gasteiger partial charge < -0.3 is 9.47 Å². The van der Waals surface area contributed by atoms with Gasteiger partial charge in [-0.05, 0) is 22.0 Å². The smallest absolute Gasteiger partial charge is 0.443 e. The second kappa shape index (κ2) is 9.08. The molecule has 1 aromatic heterocycles. The van der Waals surface area contributed by atoms with Crippen molar-refractivity contribution in [3.8, 4) is 22.8 Å². The van der Waals surface area contributed by atoms with Gasteiger partial charge in [0.25, 0.3) is 15.9 Å². The molecule has 0 aliphatic carbocycles. The molecular weight excluding hydrogens is 537 g/mol. The van der Waals surface area contributed by atoms with Crippen molar-refractivity contribution in [2.24, 2.45) is 0 Å². The Bertz CT molecular complexity index is 1260. The van der Waals surface area contributed by atoms with Crippen LogP contribution in [0.15, 0.2) is 51.8 Å². The zero-order valence-corrected chi connectivity index (χ0v) is 19.6. The number of rotatable bonds is 6. The van der Waals surface area contributed by atoms with Gasteiger partial charge in [-0.25, -0.2) is 18.1 Å². The van der Waals surface area contributed by atoms with Crippen molar-refractivity contribution in [1.82, 2.24) is 9.71 Å². The first-order valence-electron chi connectivity index (χ1n) is 8.60. The van der Waals surface area contributed by atoms with Crippen LogP contribution in [0, 0.1) is 0 Å². The van der Waals surface area contributed by atoms with Crippen molar-refractivity contribution in [3.63, 3.8) is 0 Å². The summed E-state index contributed by atoms with van der Waals surface area (Å²) in [6, 6.07) is 10.1. The zero-order chi connectivity index (χ0) is 23.7. The summed E-state index contributed by atoms with van der Waals surface area (Å²) in [4.78, 5) is 15.4. The summed E-state index contributed by atoms with van der Waals surface area (Å²) >= 11 is 3.20. The average molecular weight is 551 g/mol. The van der Waals surface area contributed by atoms with Crippen LogP contribution >= 0.6 is 27.3 Å². The lowest BCUT2D eigenvalue weighted by Gasteiger charge is -2.13. The molecule has 0 bridgehead atoms. The van der Waals surface area contributed by atoms with Crippen LogP contribution in [0.5, 0.6) is 11.5 Å². The summed E-state index contributed by atoms with van der Waals surface area (Å²) in [6.07, 6.45) is -4.81. The molecule has 0 fully saturated rings. The number of methoxy groups -OCH3 is 2. The third-order valence-corrected chi connectivity index (χ3v) is 7.15. The summed E-state index contributed by atoms with van der Waals surface area (Å²) in [5, 5.41) is -1.27. The number of carbonyl (C=O) groups is 1. The van der Waals surface area contributed by atoms with E-state index < -0.39 is 36.9 Å². The topological polar surface area (TPSA) is 94.6 Å². The van der Waals surface area contributed by atoms with E-state index in [1.54, 1.807) is 22.9 Å². The first kappa shape index (κ1) is 24.0. The summed E-state index contributed by atoms with van der Waals surface area (Å²) in [5.41, 5.74) is -0.0509. The van der Waals surface area contributed by atoms with Crippen LogP contribution in [0.2, 0.25) is 0 Å². The normalized spacial score (nSPS) is 11.8. The highest BCUT2D eigenvalue weighted by Gasteiger charge is 2.38. The van der Waals surface area contributed by atoms with Crippen LogP contribution in [0.25, 0.3) is 11.3 Å². The second-order valence-electron chi connectivity index (χ2n) is 6.13. The van der Waals surface area contributed by atoms with Gasteiger partial charge in [0.15, 0.2) is 5.01 Å². The number of carbonyl (C=O) groups excluding carboxylic acids is 1. The first-order valence-corrected chi connectivity index (χ1v) is 11.7. The zero-order valence-electron chi connectivity index (χ0n) is 16.4. The van der Waals surface area contributed by atoms with Gasteiger partial charge in [0.05, 0.1) is 24.4 Å². The number of nitrogens with zero attached hydrogens (tertiary/aromatic N) is 1. The maximum atomic E-state index is 13.2. The van der Waals surface area contributed by atoms with E-state index in [2.05, 4.69) is 20.9 Å². The number of hydrogen-bond acceptors (Lipinski definition) is 7. The highest BCUT2D eigenvalue weighted by atomic mass is 79.9. The molecule has 7 nitrogen and oxygen atoms in total. The van der Waals surface area contributed by atoms with Crippen LogP contribution in [0.3, 0.4) is 0 Å². The van der Waals surface area contributed by atoms with E-state index in [9.17, 15) is 26.4 Å². The Kier molecular flexibility index (Phi) is 6.81. The minimum atomic E-state index is -4.81. The molecule has 2 aromatic carbocycles. The van der Waals surface area contributed by atoms with Gasteiger partial charge in [0, 0.05) is 11.6 Å². The number of sulfonamides is 1. The molecule has 13 heteroatoms. The van der Waals surface area contributed by atoms with Gasteiger partial charge in [-0.2, -0.15) is 13.2 Å². The molecule has 0 saturated heterocycles. The number of nitrogens with one attached hydrogen (secondary N) is 1. The van der Waals surface area contributed by atoms with Crippen LogP contribution in [0.1, 0.15) is 14.7 Å². The predicted molar refractivity (Wildman–Crippen MR) is 114 cm³/mol. The lowest BCUT2D eigenvalue weighted by molar-refractivity contribution is -0.137. The monoisotopic (exact) mass is 550 g/mol. The Labute approximate surface area is 193 Å². The fraction of sp³-hybridized carbons (Fsp3) is 0.158. The third kappa shape index (κ3) is 4.89. The van der Waals surface area contributed by atoms with Crippen molar-refractivity contribution < 1.29 is 35.9 Å². The van der Waals surface area contributed by atoms with Crippen LogP contribution in [-0.4, -0.2) is 33.5 Å². The van der Waals surface area contributed by atoms with Crippen molar-refractivity contribution in [3.05, 3.63) is 56.8 Å². The summed E-state index contributed by atoms with van der Waals surface area (Å²) in [5.74, 6) is -1.12. The number of benzene rings is 2. The van der Waals surface area contributed by atoms with Gasteiger partial charge in [-0.1, -0.05) is 30.3 Å². The minimum Gasteiger partial charge on any atom is -0.495 e. The van der Waals surface area contributed by atoms with Gasteiger partial charge >= 0.3 is 6.18 Å². The number of aromatic nitrogens is 1. The highest BCUT2D eigenvalue weighted by Crippen LogP contribution is 2.38. The van der Waals surface area contributed by atoms with E-state index >= 15 is 0 Å². The number of thiazole rings is 1. The molecule has 0 aliphatic rings. The molecule has 1 amide bonds. The average Bonchev–Trinajstić information content (AvgIpc) is 3.20. The number of amides is 1. The van der Waals surface area contributed by atoms with E-state index in [0.29, 0.717) is 0 Å². The Morgan fingerprint density at radius 1 is 1.09 bits per heavy atom. The molecule has 0 aliphatic heterocycles. The predicted octanol–water partition coefficient (Wildman–Crippen LogP) is 4.73. The molecule has 0 atom stereocenters. The molecular formula is C19H14BrF3N2O5S2. The molecule has 1 N–H and O–H groups in total. The van der Waals surface area contributed by atoms with Crippen molar-refractivity contribution in [2.75, 3.05) is 14.2 Å². The first-order chi connectivity index (χ1) is 15.0. The van der Waals surface area contributed by atoms with Crippen molar-refractivity contribution in [2.45, 2.75) is 11.1 Å². The number of alkyl halides is 3. The lowest BCUT2D eigenvalue weighted by atomic mass is 10.1. The highest BCUT2D eigenvalue weighted by molar-refractivity contribution is 9.10. The maximum Gasteiger partial charge on any atom is 0.443 e. The Morgan fingerprint density at radius 3 is 2.28 bits per heavy atom. The standard InChI is InChI=1S/C19H14BrF3N2O5S2/c1-29-12-9-13(30-2)14(8-11(12)20)32(27,28)25-17(26)16-15(10-6-4-3-5-7-10)24-18(31-16)19(21,22)23/h3-9H,1-2H3,(H,25,26). The largest absolute Gasteiger partial charge is 0.495 e. The lowest BCUT2D eigenvalue weighted by Crippen LogP contribution is -2.30. The Hall–Kier alpha value is -2.64. The quantitative estimate of drug-likeness (QED) is 0.477. The fourth-order valence-corrected chi connectivity index (χ4v) is 5.36. The molecule has 3 rings (SSSR count). The van der Waals surface area contributed by atoms with E-state index in [1.165, 1.54) is 32.4 Å². The molecule has 3 aromatic rings. The molecule has 170 valence electrons. The number of halogens is 4. The van der Waals surface area contributed by atoms with E-state index in [4.69, 9.17) is 9.47 Å². The molecule has 0 unspecified atom stereocenters. The van der Waals surface area contributed by atoms with Crippen LogP contribution in [-0.2, 0) is 16.2 Å². The number of ether oxygens (including phenoxy) is 2. The van der Waals surface area contributed by atoms with Crippen LogP contribution < -0.4 is 14.2 Å². The SMILES string of the molecule is COc1cc(OC)c(S(=O)(=O)NC(=O)c2sc(C(F)(F)F)nc2-c2ccccc2)cc1Br. The Balaban J connectivity index is 2.05. The second-order valence-corrected chi connectivity index (χ2v) is 9.64. The fourth-order valence-electron chi connectivity index (χ4n) is 2.65. The minimum absolute atomic E-state index is 0.0513.